The van der Waals surface area contributed by atoms with Gasteiger partial charge in [0, 0.05) is 13.1 Å². The van der Waals surface area contributed by atoms with E-state index >= 15 is 0 Å². The molecule has 0 amide bonds. The summed E-state index contributed by atoms with van der Waals surface area (Å²) in [6.07, 6.45) is 1.01. The van der Waals surface area contributed by atoms with E-state index in [0.717, 1.165) is 6.26 Å². The van der Waals surface area contributed by atoms with E-state index in [1.54, 1.807) is 13.1 Å². The van der Waals surface area contributed by atoms with Crippen molar-refractivity contribution in [1.82, 2.24) is 9.55 Å². The average Bonchev–Trinajstić information content (AvgIpc) is 2.93. The molecule has 3 rings (SSSR count). The molecule has 108 valence electrons. The van der Waals surface area contributed by atoms with Crippen LogP contribution in [0.2, 0.25) is 0 Å². The van der Waals surface area contributed by atoms with Gasteiger partial charge in [0.15, 0.2) is 10.9 Å². The Bertz CT molecular complexity index is 926. The molecule has 0 saturated heterocycles. The zero-order chi connectivity index (χ0) is 15.0. The van der Waals surface area contributed by atoms with Crippen LogP contribution < -0.4 is 11.0 Å². The van der Waals surface area contributed by atoms with Crippen LogP contribution in [0.3, 0.4) is 0 Å². The van der Waals surface area contributed by atoms with Crippen LogP contribution in [-0.2, 0) is 12.8 Å². The zero-order valence-electron chi connectivity index (χ0n) is 10.9. The summed E-state index contributed by atoms with van der Waals surface area (Å²) in [6, 6.07) is 3.02. The van der Waals surface area contributed by atoms with Crippen LogP contribution in [0.5, 0.6) is 5.75 Å². The van der Waals surface area contributed by atoms with Gasteiger partial charge < -0.3 is 9.52 Å². The van der Waals surface area contributed by atoms with E-state index in [9.17, 15) is 9.59 Å². The molecule has 0 spiro atoms. The largest absolute Gasteiger partial charge is 0.502 e. The van der Waals surface area contributed by atoms with E-state index in [2.05, 4.69) is 4.98 Å². The lowest BCUT2D eigenvalue weighted by Crippen LogP contribution is -2.18. The van der Waals surface area contributed by atoms with E-state index in [4.69, 9.17) is 9.52 Å². The molecule has 0 saturated carbocycles. The molecule has 1 N–H and O–H groups in total. The van der Waals surface area contributed by atoms with Crippen molar-refractivity contribution < 1.29 is 9.52 Å². The average molecular weight is 322 g/mol. The first-order valence-electron chi connectivity index (χ1n) is 5.94. The predicted octanol–water partition coefficient (Wildman–Crippen LogP) is 1.95. The molecule has 3 aromatic rings. The lowest BCUT2D eigenvalue weighted by atomic mass is 10.4. The summed E-state index contributed by atoms with van der Waals surface area (Å²) >= 11 is 2.65. The lowest BCUT2D eigenvalue weighted by molar-refractivity contribution is 0.419. The van der Waals surface area contributed by atoms with Gasteiger partial charge in [-0.15, -0.1) is 11.3 Å². The number of nitrogens with zero attached hydrogens (tertiary/aromatic N) is 2. The molecule has 0 aliphatic heterocycles. The first-order chi connectivity index (χ1) is 10.1. The van der Waals surface area contributed by atoms with Crippen molar-refractivity contribution in [2.24, 2.45) is 7.05 Å². The third kappa shape index (κ3) is 2.59. The maximum atomic E-state index is 12.1. The van der Waals surface area contributed by atoms with Gasteiger partial charge >= 0.3 is 0 Å². The molecule has 21 heavy (non-hydrogen) atoms. The summed E-state index contributed by atoms with van der Waals surface area (Å²) < 4.78 is 7.22. The number of aromatic nitrogens is 2. The Hall–Kier alpha value is -2.06. The van der Waals surface area contributed by atoms with E-state index in [-0.39, 0.29) is 5.56 Å². The highest BCUT2D eigenvalue weighted by Gasteiger charge is 2.11. The molecule has 0 aliphatic rings. The third-order valence-electron chi connectivity index (χ3n) is 2.86. The van der Waals surface area contributed by atoms with Crippen molar-refractivity contribution in [3.8, 4) is 5.75 Å². The molecular formula is C13H10N2O4S2. The van der Waals surface area contributed by atoms with Crippen LogP contribution in [0, 0.1) is 0 Å². The van der Waals surface area contributed by atoms with Gasteiger partial charge in [-0.1, -0.05) is 11.8 Å². The predicted molar refractivity (Wildman–Crippen MR) is 81.1 cm³/mol. The summed E-state index contributed by atoms with van der Waals surface area (Å²) in [4.78, 5) is 27.9. The molecule has 0 radical (unpaired) electrons. The van der Waals surface area contributed by atoms with Crippen LogP contribution in [0.1, 0.15) is 5.76 Å². The zero-order valence-corrected chi connectivity index (χ0v) is 12.5. The normalized spacial score (nSPS) is 11.1. The Morgan fingerprint density at radius 1 is 1.48 bits per heavy atom. The van der Waals surface area contributed by atoms with Crippen LogP contribution in [-0.4, -0.2) is 14.7 Å². The maximum absolute atomic E-state index is 12.1. The van der Waals surface area contributed by atoms with Crippen molar-refractivity contribution in [2.75, 3.05) is 0 Å². The Morgan fingerprint density at radius 3 is 3.05 bits per heavy atom. The van der Waals surface area contributed by atoms with Gasteiger partial charge in [0.05, 0.1) is 11.3 Å². The highest BCUT2D eigenvalue weighted by Crippen LogP contribution is 2.23. The molecule has 6 nitrogen and oxygen atoms in total. The molecule has 0 fully saturated rings. The molecule has 3 heterocycles. The van der Waals surface area contributed by atoms with Crippen molar-refractivity contribution >= 4 is 33.3 Å². The van der Waals surface area contributed by atoms with Crippen molar-refractivity contribution in [2.45, 2.75) is 10.9 Å². The SMILES string of the molecule is Cn1c(SCc2cc(=O)c(O)co2)nc2ccsc2c1=O. The maximum Gasteiger partial charge on any atom is 0.271 e. The minimum absolute atomic E-state index is 0.0929. The number of aromatic hydroxyl groups is 1. The van der Waals surface area contributed by atoms with Gasteiger partial charge in [-0.3, -0.25) is 14.2 Å². The quantitative estimate of drug-likeness (QED) is 0.586. The number of thiophene rings is 1. The fraction of sp³-hybridized carbons (Fsp3) is 0.154. The molecular weight excluding hydrogens is 312 g/mol. The fourth-order valence-electron chi connectivity index (χ4n) is 1.75. The molecule has 8 heteroatoms. The van der Waals surface area contributed by atoms with Crippen LogP contribution in [0.25, 0.3) is 10.2 Å². The number of fused-ring (bicyclic) bond motifs is 1. The summed E-state index contributed by atoms with van der Waals surface area (Å²) in [5.74, 6) is 0.322. The van der Waals surface area contributed by atoms with Crippen LogP contribution in [0.15, 0.2) is 42.9 Å². The third-order valence-corrected chi connectivity index (χ3v) is 4.80. The molecule has 0 aromatic carbocycles. The summed E-state index contributed by atoms with van der Waals surface area (Å²) in [6.45, 7) is 0. The molecule has 0 unspecified atom stereocenters. The monoisotopic (exact) mass is 322 g/mol. The Balaban J connectivity index is 1.91. The van der Waals surface area contributed by atoms with Gasteiger partial charge in [0.25, 0.3) is 5.56 Å². The number of rotatable bonds is 3. The minimum Gasteiger partial charge on any atom is -0.502 e. The second-order valence-corrected chi connectivity index (χ2v) is 6.14. The Morgan fingerprint density at radius 2 is 2.29 bits per heavy atom. The molecule has 0 aliphatic carbocycles. The number of hydrogen-bond donors (Lipinski definition) is 1. The molecule has 0 bridgehead atoms. The van der Waals surface area contributed by atoms with Crippen LogP contribution in [0.4, 0.5) is 0 Å². The van der Waals surface area contributed by atoms with Crippen molar-refractivity contribution in [3.63, 3.8) is 0 Å². The van der Waals surface area contributed by atoms with Gasteiger partial charge in [-0.2, -0.15) is 0 Å². The molecule has 0 atom stereocenters. The summed E-state index contributed by atoms with van der Waals surface area (Å²) in [7, 11) is 1.66. The smallest absolute Gasteiger partial charge is 0.271 e. The Kier molecular flexibility index (Phi) is 3.56. The highest BCUT2D eigenvalue weighted by atomic mass is 32.2. The first kappa shape index (κ1) is 13.9. The second-order valence-electron chi connectivity index (χ2n) is 4.28. The van der Waals surface area contributed by atoms with Crippen molar-refractivity contribution in [3.05, 3.63) is 50.1 Å². The minimum atomic E-state index is -0.494. The van der Waals surface area contributed by atoms with E-state index in [0.29, 0.717) is 26.9 Å². The fourth-order valence-corrected chi connectivity index (χ4v) is 3.42. The van der Waals surface area contributed by atoms with E-state index < -0.39 is 11.2 Å². The van der Waals surface area contributed by atoms with Gasteiger partial charge in [0.1, 0.15) is 16.7 Å². The van der Waals surface area contributed by atoms with Crippen molar-refractivity contribution in [1.29, 1.82) is 0 Å². The summed E-state index contributed by atoms with van der Waals surface area (Å²) in [5.41, 5.74) is 0.0782. The number of hydrogen-bond acceptors (Lipinski definition) is 7. The topological polar surface area (TPSA) is 85.3 Å². The highest BCUT2D eigenvalue weighted by molar-refractivity contribution is 7.98. The Labute approximate surface area is 126 Å². The number of thioether (sulfide) groups is 1. The van der Waals surface area contributed by atoms with E-state index in [1.165, 1.54) is 33.7 Å². The lowest BCUT2D eigenvalue weighted by Gasteiger charge is -2.06. The van der Waals surface area contributed by atoms with Gasteiger partial charge in [0.2, 0.25) is 5.43 Å². The van der Waals surface area contributed by atoms with Gasteiger partial charge in [-0.05, 0) is 11.4 Å². The summed E-state index contributed by atoms with van der Waals surface area (Å²) in [5, 5.41) is 11.5. The van der Waals surface area contributed by atoms with Gasteiger partial charge in [-0.25, -0.2) is 4.98 Å². The van der Waals surface area contributed by atoms with Crippen LogP contribution >= 0.6 is 23.1 Å². The first-order valence-corrected chi connectivity index (χ1v) is 7.80. The standard InChI is InChI=1S/C13H10N2O4S2/c1-15-12(18)11-8(2-3-20-11)14-13(15)21-6-7-4-9(16)10(17)5-19-7/h2-5,17H,6H2,1H3. The van der Waals surface area contributed by atoms with E-state index in [1.807, 2.05) is 5.38 Å². The second kappa shape index (κ2) is 5.38. The molecule has 3 aromatic heterocycles.